The average molecular weight is 396 g/mol. The number of rotatable bonds is 6. The van der Waals surface area contributed by atoms with E-state index in [1.807, 2.05) is 0 Å². The zero-order valence-corrected chi connectivity index (χ0v) is 18.0. The molecule has 4 aromatic carbocycles. The Bertz CT molecular complexity index is 987. The molecule has 0 unspecified atom stereocenters. The fraction of sp³-hybridized carbons (Fsp3) is 0.111. The van der Waals surface area contributed by atoms with Gasteiger partial charge >= 0.3 is 0 Å². The molecule has 0 spiro atoms. The molecule has 0 aliphatic rings. The summed E-state index contributed by atoms with van der Waals surface area (Å²) in [4.78, 5) is 2.16. The van der Waals surface area contributed by atoms with Crippen molar-refractivity contribution < 1.29 is 0 Å². The minimum absolute atomic E-state index is 1.02. The summed E-state index contributed by atoms with van der Waals surface area (Å²) < 4.78 is 0. The van der Waals surface area contributed by atoms with E-state index in [4.69, 9.17) is 0 Å². The van der Waals surface area contributed by atoms with Crippen LogP contribution in [0.5, 0.6) is 0 Å². The molecular weight excluding hydrogens is 369 g/mol. The van der Waals surface area contributed by atoms with Crippen molar-refractivity contribution in [3.8, 4) is 0 Å². The Labute approximate surface area is 175 Å². The van der Waals surface area contributed by atoms with E-state index in [1.54, 1.807) is 0 Å². The lowest BCUT2D eigenvalue weighted by molar-refractivity contribution is 1.13. The van der Waals surface area contributed by atoms with Gasteiger partial charge in [0.2, 0.25) is 0 Å². The molecule has 0 amide bonds. The highest BCUT2D eigenvalue weighted by Gasteiger charge is 2.45. The third-order valence-electron chi connectivity index (χ3n) is 5.46. The molecule has 29 heavy (non-hydrogen) atoms. The van der Waals surface area contributed by atoms with Crippen LogP contribution in [0.3, 0.4) is 0 Å². The van der Waals surface area contributed by atoms with Crippen molar-refractivity contribution in [3.05, 3.63) is 121 Å². The van der Waals surface area contributed by atoms with Crippen LogP contribution in [0.4, 0.5) is 5.69 Å². The van der Waals surface area contributed by atoms with Gasteiger partial charge in [0.1, 0.15) is 23.2 Å². The van der Waals surface area contributed by atoms with E-state index < -0.39 is 7.26 Å². The number of anilines is 1. The van der Waals surface area contributed by atoms with Crippen molar-refractivity contribution in [2.24, 2.45) is 0 Å². The lowest BCUT2D eigenvalue weighted by Crippen LogP contribution is -2.32. The highest BCUT2D eigenvalue weighted by atomic mass is 31.2. The lowest BCUT2D eigenvalue weighted by atomic mass is 10.2. The molecular formula is C27H27NP+. The number of hydrogen-bond acceptors (Lipinski definition) is 1. The van der Waals surface area contributed by atoms with E-state index in [-0.39, 0.29) is 0 Å². The van der Waals surface area contributed by atoms with Crippen molar-refractivity contribution in [1.82, 2.24) is 0 Å². The Hall–Kier alpha value is -2.89. The number of benzene rings is 4. The van der Waals surface area contributed by atoms with Gasteiger partial charge in [-0.1, -0.05) is 66.7 Å². The first-order chi connectivity index (χ1) is 14.2. The first-order valence-corrected chi connectivity index (χ1v) is 12.0. The minimum atomic E-state index is -1.84. The standard InChI is InChI=1S/C27H27NP/c1-28(2)24-18-20-27(21-19-24)29(25-14-8-4-9-15-25,26-16-10-5-11-17-26)22-23-12-6-3-7-13-23/h3-21H,22H2,1-2H3/q+1. The quantitative estimate of drug-likeness (QED) is 0.403. The summed E-state index contributed by atoms with van der Waals surface area (Å²) >= 11 is 0. The largest absolute Gasteiger partial charge is 0.378 e. The molecule has 0 bridgehead atoms. The smallest absolute Gasteiger partial charge is 0.116 e. The molecule has 0 saturated carbocycles. The molecule has 0 fully saturated rings. The maximum absolute atomic E-state index is 2.34. The number of nitrogens with zero attached hydrogens (tertiary/aromatic N) is 1. The van der Waals surface area contributed by atoms with E-state index in [1.165, 1.54) is 27.2 Å². The first-order valence-electron chi connectivity index (χ1n) is 10.0. The summed E-state index contributed by atoms with van der Waals surface area (Å²) in [6, 6.07) is 42.2. The molecule has 2 heteroatoms. The van der Waals surface area contributed by atoms with E-state index in [0.717, 1.165) is 6.16 Å². The summed E-state index contributed by atoms with van der Waals surface area (Å²) in [6.07, 6.45) is 1.02. The van der Waals surface area contributed by atoms with Gasteiger partial charge in [0.15, 0.2) is 0 Å². The topological polar surface area (TPSA) is 3.24 Å². The van der Waals surface area contributed by atoms with Gasteiger partial charge in [0.05, 0.1) is 6.16 Å². The van der Waals surface area contributed by atoms with Gasteiger partial charge in [-0.05, 0) is 54.1 Å². The molecule has 0 aliphatic carbocycles. The predicted molar refractivity (Wildman–Crippen MR) is 130 cm³/mol. The van der Waals surface area contributed by atoms with Gasteiger partial charge in [0.25, 0.3) is 0 Å². The molecule has 0 N–H and O–H groups in total. The van der Waals surface area contributed by atoms with E-state index in [0.29, 0.717) is 0 Å². The van der Waals surface area contributed by atoms with E-state index in [9.17, 15) is 0 Å². The van der Waals surface area contributed by atoms with Crippen molar-refractivity contribution in [2.45, 2.75) is 6.16 Å². The molecule has 144 valence electrons. The van der Waals surface area contributed by atoms with Crippen molar-refractivity contribution in [3.63, 3.8) is 0 Å². The Balaban J connectivity index is 1.97. The summed E-state index contributed by atoms with van der Waals surface area (Å²) in [7, 11) is 2.34. The van der Waals surface area contributed by atoms with Crippen LogP contribution < -0.4 is 20.8 Å². The highest BCUT2D eigenvalue weighted by molar-refractivity contribution is 7.95. The van der Waals surface area contributed by atoms with Crippen LogP contribution in [0.1, 0.15) is 5.56 Å². The fourth-order valence-electron chi connectivity index (χ4n) is 3.95. The molecule has 4 rings (SSSR count). The van der Waals surface area contributed by atoms with Gasteiger partial charge in [-0.15, -0.1) is 0 Å². The molecule has 0 aromatic heterocycles. The second-order valence-corrected chi connectivity index (χ2v) is 11.0. The average Bonchev–Trinajstić information content (AvgIpc) is 2.79. The highest BCUT2D eigenvalue weighted by Crippen LogP contribution is 2.58. The maximum atomic E-state index is 2.34. The molecule has 4 aromatic rings. The second-order valence-electron chi connectivity index (χ2n) is 7.54. The third-order valence-corrected chi connectivity index (χ3v) is 9.84. The Morgan fingerprint density at radius 1 is 0.517 bits per heavy atom. The lowest BCUT2D eigenvalue weighted by Gasteiger charge is -2.28. The predicted octanol–water partition coefficient (Wildman–Crippen LogP) is 5.25. The summed E-state index contributed by atoms with van der Waals surface area (Å²) in [5.41, 5.74) is 2.61. The van der Waals surface area contributed by atoms with Gasteiger partial charge in [-0.25, -0.2) is 0 Å². The second kappa shape index (κ2) is 8.64. The maximum Gasteiger partial charge on any atom is 0.116 e. The van der Waals surface area contributed by atoms with Gasteiger partial charge in [0, 0.05) is 19.8 Å². The van der Waals surface area contributed by atoms with E-state index in [2.05, 4.69) is 134 Å². The monoisotopic (exact) mass is 396 g/mol. The normalized spacial score (nSPS) is 11.2. The minimum Gasteiger partial charge on any atom is -0.378 e. The SMILES string of the molecule is CN(C)c1ccc([P+](Cc2ccccc2)(c2ccccc2)c2ccccc2)cc1. The first kappa shape index (κ1) is 19.4. The van der Waals surface area contributed by atoms with Crippen LogP contribution in [-0.2, 0) is 6.16 Å². The number of hydrogen-bond donors (Lipinski definition) is 0. The molecule has 0 heterocycles. The molecule has 0 aliphatic heterocycles. The summed E-state index contributed by atoms with van der Waals surface area (Å²) in [6.45, 7) is 0. The van der Waals surface area contributed by atoms with Crippen LogP contribution in [0.15, 0.2) is 115 Å². The summed E-state index contributed by atoms with van der Waals surface area (Å²) in [5.74, 6) is 0. The van der Waals surface area contributed by atoms with Crippen LogP contribution in [0.2, 0.25) is 0 Å². The van der Waals surface area contributed by atoms with Crippen LogP contribution >= 0.6 is 7.26 Å². The van der Waals surface area contributed by atoms with Gasteiger partial charge in [-0.2, -0.15) is 0 Å². The van der Waals surface area contributed by atoms with Crippen molar-refractivity contribution in [1.29, 1.82) is 0 Å². The van der Waals surface area contributed by atoms with Gasteiger partial charge < -0.3 is 4.90 Å². The Morgan fingerprint density at radius 3 is 1.38 bits per heavy atom. The molecule has 0 saturated heterocycles. The third kappa shape index (κ3) is 3.97. The van der Waals surface area contributed by atoms with Crippen molar-refractivity contribution in [2.75, 3.05) is 19.0 Å². The van der Waals surface area contributed by atoms with E-state index >= 15 is 0 Å². The van der Waals surface area contributed by atoms with Crippen LogP contribution in [0.25, 0.3) is 0 Å². The zero-order chi connectivity index (χ0) is 20.1. The summed E-state index contributed by atoms with van der Waals surface area (Å²) in [5, 5.41) is 4.27. The van der Waals surface area contributed by atoms with Crippen LogP contribution in [-0.4, -0.2) is 14.1 Å². The Morgan fingerprint density at radius 2 is 0.931 bits per heavy atom. The van der Waals surface area contributed by atoms with Crippen LogP contribution in [0, 0.1) is 0 Å². The zero-order valence-electron chi connectivity index (χ0n) is 17.1. The molecule has 0 atom stereocenters. The molecule has 0 radical (unpaired) electrons. The fourth-order valence-corrected chi connectivity index (χ4v) is 8.17. The Kier molecular flexibility index (Phi) is 5.79. The molecule has 1 nitrogen and oxygen atoms in total. The van der Waals surface area contributed by atoms with Crippen molar-refractivity contribution >= 4 is 28.9 Å². The van der Waals surface area contributed by atoms with Gasteiger partial charge in [-0.3, -0.25) is 0 Å².